The molecule has 1 aromatic carbocycles. The fourth-order valence-electron chi connectivity index (χ4n) is 2.88. The second kappa shape index (κ2) is 7.94. The lowest BCUT2D eigenvalue weighted by Crippen LogP contribution is -2.54. The lowest BCUT2D eigenvalue weighted by Gasteiger charge is -2.31. The summed E-state index contributed by atoms with van der Waals surface area (Å²) in [6, 6.07) is 9.50. The van der Waals surface area contributed by atoms with E-state index in [0.717, 1.165) is 17.8 Å². The Labute approximate surface area is 147 Å². The van der Waals surface area contributed by atoms with Crippen LogP contribution in [0.25, 0.3) is 5.69 Å². The quantitative estimate of drug-likeness (QED) is 0.795. The summed E-state index contributed by atoms with van der Waals surface area (Å²) < 4.78 is 1.82. The zero-order valence-electron chi connectivity index (χ0n) is 14.3. The van der Waals surface area contributed by atoms with E-state index in [1.54, 1.807) is 0 Å². The van der Waals surface area contributed by atoms with E-state index in [4.69, 9.17) is 0 Å². The van der Waals surface area contributed by atoms with E-state index in [9.17, 15) is 9.59 Å². The van der Waals surface area contributed by atoms with Crippen LogP contribution in [0.3, 0.4) is 0 Å². The number of nitrogens with zero attached hydrogens (tertiary/aromatic N) is 3. The number of hydrogen-bond donors (Lipinski definition) is 2. The second-order valence-corrected chi connectivity index (χ2v) is 6.22. The van der Waals surface area contributed by atoms with Crippen molar-refractivity contribution in [1.29, 1.82) is 0 Å². The van der Waals surface area contributed by atoms with Gasteiger partial charge in [-0.2, -0.15) is 5.10 Å². The predicted molar refractivity (Wildman–Crippen MR) is 94.3 cm³/mol. The molecular weight excluding hydrogens is 318 g/mol. The molecule has 7 heteroatoms. The van der Waals surface area contributed by atoms with Crippen LogP contribution < -0.4 is 10.6 Å². The fraction of sp³-hybridized carbons (Fsp3) is 0.389. The van der Waals surface area contributed by atoms with Gasteiger partial charge in [-0.05, 0) is 31.2 Å². The van der Waals surface area contributed by atoms with Crippen LogP contribution in [0.5, 0.6) is 0 Å². The third-order valence-electron chi connectivity index (χ3n) is 4.37. The molecule has 1 fully saturated rings. The van der Waals surface area contributed by atoms with Gasteiger partial charge in [0.1, 0.15) is 0 Å². The summed E-state index contributed by atoms with van der Waals surface area (Å²) in [5.41, 5.74) is 2.06. The van der Waals surface area contributed by atoms with E-state index < -0.39 is 0 Å². The zero-order valence-corrected chi connectivity index (χ0v) is 14.3. The Morgan fingerprint density at radius 2 is 2.16 bits per heavy atom. The highest BCUT2D eigenvalue weighted by Crippen LogP contribution is 2.08. The van der Waals surface area contributed by atoms with Crippen molar-refractivity contribution >= 4 is 11.8 Å². The summed E-state index contributed by atoms with van der Waals surface area (Å²) in [5, 5.41) is 10.0. The first kappa shape index (κ1) is 17.2. The third kappa shape index (κ3) is 4.45. The molecule has 0 spiro atoms. The molecule has 2 amide bonds. The molecule has 2 heterocycles. The SMILES string of the molecule is CN1CCNC(=O)C1CC(=O)NCCc1cnn(-c2ccccc2)c1. The van der Waals surface area contributed by atoms with Crippen molar-refractivity contribution in [3.05, 3.63) is 48.3 Å². The topological polar surface area (TPSA) is 79.3 Å². The van der Waals surface area contributed by atoms with Gasteiger partial charge in [-0.3, -0.25) is 14.5 Å². The Hall–Kier alpha value is -2.67. The van der Waals surface area contributed by atoms with Crippen LogP contribution in [-0.4, -0.2) is 59.2 Å². The van der Waals surface area contributed by atoms with Crippen LogP contribution >= 0.6 is 0 Å². The van der Waals surface area contributed by atoms with Crippen LogP contribution in [0, 0.1) is 0 Å². The summed E-state index contributed by atoms with van der Waals surface area (Å²) in [4.78, 5) is 25.8. The molecule has 2 aromatic rings. The molecule has 7 nitrogen and oxygen atoms in total. The Bertz CT molecular complexity index is 728. The van der Waals surface area contributed by atoms with Crippen LogP contribution in [0.1, 0.15) is 12.0 Å². The van der Waals surface area contributed by atoms with E-state index in [2.05, 4.69) is 15.7 Å². The van der Waals surface area contributed by atoms with Crippen molar-refractivity contribution in [1.82, 2.24) is 25.3 Å². The first-order valence-electron chi connectivity index (χ1n) is 8.47. The van der Waals surface area contributed by atoms with Gasteiger partial charge in [-0.15, -0.1) is 0 Å². The molecule has 1 unspecified atom stereocenters. The molecular formula is C18H23N5O2. The molecule has 1 saturated heterocycles. The maximum atomic E-state index is 12.1. The number of para-hydroxylation sites is 1. The van der Waals surface area contributed by atoms with Crippen LogP contribution in [0.15, 0.2) is 42.7 Å². The first-order chi connectivity index (χ1) is 12.1. The van der Waals surface area contributed by atoms with E-state index in [0.29, 0.717) is 19.5 Å². The number of rotatable bonds is 6. The highest BCUT2D eigenvalue weighted by Gasteiger charge is 2.28. The lowest BCUT2D eigenvalue weighted by atomic mass is 10.1. The Morgan fingerprint density at radius 3 is 2.92 bits per heavy atom. The molecule has 2 N–H and O–H groups in total. The average molecular weight is 341 g/mol. The molecule has 1 atom stereocenters. The Kier molecular flexibility index (Phi) is 5.45. The number of likely N-dealkylation sites (N-methyl/N-ethyl adjacent to an activating group) is 1. The highest BCUT2D eigenvalue weighted by atomic mass is 16.2. The Morgan fingerprint density at radius 1 is 1.36 bits per heavy atom. The normalized spacial score (nSPS) is 18.0. The number of carbonyl (C=O) groups is 2. The number of amides is 2. The third-order valence-corrected chi connectivity index (χ3v) is 4.37. The average Bonchev–Trinajstić information content (AvgIpc) is 3.08. The standard InChI is InChI=1S/C18H23N5O2/c1-22-10-9-20-18(25)16(22)11-17(24)19-8-7-14-12-21-23(13-14)15-5-3-2-4-6-15/h2-6,12-13,16H,7-11H2,1H3,(H,19,24)(H,20,25). The van der Waals surface area contributed by atoms with Crippen molar-refractivity contribution < 1.29 is 9.59 Å². The molecule has 1 aliphatic heterocycles. The van der Waals surface area contributed by atoms with Gasteiger partial charge in [0, 0.05) is 25.8 Å². The van der Waals surface area contributed by atoms with Gasteiger partial charge in [0.2, 0.25) is 11.8 Å². The van der Waals surface area contributed by atoms with E-state index >= 15 is 0 Å². The number of benzene rings is 1. The molecule has 1 aromatic heterocycles. The number of hydrogen-bond acceptors (Lipinski definition) is 4. The van der Waals surface area contributed by atoms with Gasteiger partial charge < -0.3 is 10.6 Å². The molecule has 132 valence electrons. The van der Waals surface area contributed by atoms with Crippen LogP contribution in [-0.2, 0) is 16.0 Å². The van der Waals surface area contributed by atoms with Crippen LogP contribution in [0.2, 0.25) is 0 Å². The molecule has 1 aliphatic rings. The predicted octanol–water partition coefficient (Wildman–Crippen LogP) is 0.351. The van der Waals surface area contributed by atoms with Gasteiger partial charge in [0.15, 0.2) is 0 Å². The Balaban J connectivity index is 1.46. The molecule has 0 bridgehead atoms. The zero-order chi connectivity index (χ0) is 17.6. The van der Waals surface area contributed by atoms with Gasteiger partial charge in [-0.1, -0.05) is 18.2 Å². The first-order valence-corrected chi connectivity index (χ1v) is 8.47. The maximum absolute atomic E-state index is 12.1. The number of aromatic nitrogens is 2. The number of carbonyl (C=O) groups excluding carboxylic acids is 2. The number of piperazine rings is 1. The molecule has 0 aliphatic carbocycles. The summed E-state index contributed by atoms with van der Waals surface area (Å²) in [7, 11) is 1.87. The van der Waals surface area contributed by atoms with Gasteiger partial charge in [0.05, 0.1) is 24.3 Å². The molecule has 25 heavy (non-hydrogen) atoms. The van der Waals surface area contributed by atoms with E-state index in [-0.39, 0.29) is 24.3 Å². The van der Waals surface area contributed by atoms with E-state index in [1.807, 2.05) is 59.4 Å². The van der Waals surface area contributed by atoms with Crippen molar-refractivity contribution in [3.63, 3.8) is 0 Å². The fourth-order valence-corrected chi connectivity index (χ4v) is 2.88. The minimum absolute atomic E-state index is 0.0759. The second-order valence-electron chi connectivity index (χ2n) is 6.22. The van der Waals surface area contributed by atoms with Crippen LogP contribution in [0.4, 0.5) is 0 Å². The van der Waals surface area contributed by atoms with Gasteiger partial charge in [0.25, 0.3) is 0 Å². The molecule has 3 rings (SSSR count). The smallest absolute Gasteiger partial charge is 0.237 e. The van der Waals surface area contributed by atoms with Crippen molar-refractivity contribution in [2.45, 2.75) is 18.9 Å². The molecule has 0 saturated carbocycles. The van der Waals surface area contributed by atoms with Gasteiger partial charge >= 0.3 is 0 Å². The van der Waals surface area contributed by atoms with Crippen molar-refractivity contribution in [3.8, 4) is 5.69 Å². The lowest BCUT2D eigenvalue weighted by molar-refractivity contribution is -0.133. The minimum atomic E-state index is -0.380. The summed E-state index contributed by atoms with van der Waals surface area (Å²) >= 11 is 0. The molecule has 0 radical (unpaired) electrons. The van der Waals surface area contributed by atoms with Crippen molar-refractivity contribution in [2.75, 3.05) is 26.7 Å². The summed E-state index contributed by atoms with van der Waals surface area (Å²) in [6.07, 6.45) is 4.66. The monoisotopic (exact) mass is 341 g/mol. The van der Waals surface area contributed by atoms with E-state index in [1.165, 1.54) is 0 Å². The summed E-state index contributed by atoms with van der Waals surface area (Å²) in [6.45, 7) is 1.93. The highest BCUT2D eigenvalue weighted by molar-refractivity contribution is 5.88. The van der Waals surface area contributed by atoms with Crippen molar-refractivity contribution in [2.24, 2.45) is 0 Å². The largest absolute Gasteiger partial charge is 0.356 e. The minimum Gasteiger partial charge on any atom is -0.356 e. The maximum Gasteiger partial charge on any atom is 0.237 e. The number of nitrogens with one attached hydrogen (secondary N) is 2. The summed E-state index contributed by atoms with van der Waals surface area (Å²) in [5.74, 6) is -0.183. The van der Waals surface area contributed by atoms with Gasteiger partial charge in [-0.25, -0.2) is 4.68 Å².